The summed E-state index contributed by atoms with van der Waals surface area (Å²) in [7, 11) is 0. The minimum atomic E-state index is -0.617. The Balaban J connectivity index is 2.25. The summed E-state index contributed by atoms with van der Waals surface area (Å²) in [6.45, 7) is 6.33. The molecule has 0 spiro atoms. The Morgan fingerprint density at radius 2 is 2.05 bits per heavy atom. The molecule has 4 N–H and O–H groups in total. The zero-order valence-electron chi connectivity index (χ0n) is 12.5. The number of nitrogens with one attached hydrogen (secondary N) is 1. The maximum Gasteiger partial charge on any atom is 0.353 e. The number of aliphatic hydroxyl groups is 1. The molecule has 0 radical (unpaired) electrons. The zero-order valence-corrected chi connectivity index (χ0v) is 12.5. The van der Waals surface area contributed by atoms with E-state index in [1.807, 2.05) is 4.90 Å². The molecule has 1 fully saturated rings. The SMILES string of the molecule is CCN1CCN(c2nc(N)c([N+](=O)[O-])c(NCCO)n2)CC1. The Hall–Kier alpha value is -2.20. The third kappa shape index (κ3) is 3.52. The molecule has 0 atom stereocenters. The first kappa shape index (κ1) is 16.2. The average Bonchev–Trinajstić information content (AvgIpc) is 2.52. The first-order valence-corrected chi connectivity index (χ1v) is 7.20. The first-order chi connectivity index (χ1) is 10.6. The molecule has 122 valence electrons. The van der Waals surface area contributed by atoms with Gasteiger partial charge in [0.05, 0.1) is 11.5 Å². The van der Waals surface area contributed by atoms with Gasteiger partial charge >= 0.3 is 5.69 Å². The van der Waals surface area contributed by atoms with Crippen LogP contribution in [0.25, 0.3) is 0 Å². The number of nitrogens with two attached hydrogens (primary N) is 1. The molecule has 2 rings (SSSR count). The predicted octanol–water partition coefficient (Wildman–Crippen LogP) is -0.487. The van der Waals surface area contributed by atoms with E-state index in [2.05, 4.69) is 27.1 Å². The molecule has 0 bridgehead atoms. The monoisotopic (exact) mass is 311 g/mol. The highest BCUT2D eigenvalue weighted by Crippen LogP contribution is 2.30. The fourth-order valence-electron chi connectivity index (χ4n) is 2.34. The van der Waals surface area contributed by atoms with Gasteiger partial charge in [-0.05, 0) is 6.54 Å². The van der Waals surface area contributed by atoms with Gasteiger partial charge in [0, 0.05) is 32.7 Å². The number of aliphatic hydroxyl groups excluding tert-OH is 1. The summed E-state index contributed by atoms with van der Waals surface area (Å²) in [5.74, 6) is 0.243. The molecule has 1 saturated heterocycles. The van der Waals surface area contributed by atoms with Crippen molar-refractivity contribution < 1.29 is 10.0 Å². The van der Waals surface area contributed by atoms with E-state index >= 15 is 0 Å². The lowest BCUT2D eigenvalue weighted by atomic mass is 10.3. The van der Waals surface area contributed by atoms with Crippen molar-refractivity contribution in [2.24, 2.45) is 0 Å². The number of likely N-dealkylation sites (N-methyl/N-ethyl adjacent to an activating group) is 1. The summed E-state index contributed by atoms with van der Waals surface area (Å²) in [5.41, 5.74) is 5.37. The minimum Gasteiger partial charge on any atom is -0.395 e. The highest BCUT2D eigenvalue weighted by Gasteiger charge is 2.26. The maximum atomic E-state index is 11.1. The van der Waals surface area contributed by atoms with Crippen LogP contribution in [0.15, 0.2) is 0 Å². The van der Waals surface area contributed by atoms with Crippen LogP contribution in [0.2, 0.25) is 0 Å². The molecule has 1 aromatic heterocycles. The van der Waals surface area contributed by atoms with Crippen LogP contribution in [0.1, 0.15) is 6.92 Å². The van der Waals surface area contributed by atoms with Gasteiger partial charge in [0.1, 0.15) is 0 Å². The molecule has 0 aromatic carbocycles. The lowest BCUT2D eigenvalue weighted by Crippen LogP contribution is -2.46. The summed E-state index contributed by atoms with van der Waals surface area (Å²) in [6.07, 6.45) is 0. The van der Waals surface area contributed by atoms with E-state index in [1.54, 1.807) is 0 Å². The summed E-state index contributed by atoms with van der Waals surface area (Å²) in [5, 5.41) is 22.7. The molecule has 22 heavy (non-hydrogen) atoms. The molecule has 1 aromatic rings. The second kappa shape index (κ2) is 7.18. The lowest BCUT2D eigenvalue weighted by molar-refractivity contribution is -0.383. The summed E-state index contributed by atoms with van der Waals surface area (Å²) in [6, 6.07) is 0. The van der Waals surface area contributed by atoms with E-state index in [4.69, 9.17) is 10.8 Å². The van der Waals surface area contributed by atoms with Gasteiger partial charge in [-0.2, -0.15) is 9.97 Å². The molecule has 0 aliphatic carbocycles. The van der Waals surface area contributed by atoms with Crippen molar-refractivity contribution in [3.63, 3.8) is 0 Å². The van der Waals surface area contributed by atoms with E-state index in [9.17, 15) is 10.1 Å². The number of piperazine rings is 1. The standard InChI is InChI=1S/C12H21N7O3/c1-2-17-4-6-18(7-5-17)12-15-10(13)9(19(21)22)11(16-12)14-3-8-20/h20H,2-8H2,1H3,(H3,13,14,15,16). The van der Waals surface area contributed by atoms with E-state index in [1.165, 1.54) is 0 Å². The van der Waals surface area contributed by atoms with E-state index < -0.39 is 4.92 Å². The Morgan fingerprint density at radius 3 is 2.59 bits per heavy atom. The van der Waals surface area contributed by atoms with Crippen molar-refractivity contribution in [3.05, 3.63) is 10.1 Å². The molecule has 0 saturated carbocycles. The van der Waals surface area contributed by atoms with Crippen molar-refractivity contribution in [3.8, 4) is 0 Å². The number of hydrogen-bond donors (Lipinski definition) is 3. The highest BCUT2D eigenvalue weighted by atomic mass is 16.6. The van der Waals surface area contributed by atoms with Crippen LogP contribution >= 0.6 is 0 Å². The fourth-order valence-corrected chi connectivity index (χ4v) is 2.34. The number of nitro groups is 1. The number of hydrogen-bond acceptors (Lipinski definition) is 9. The van der Waals surface area contributed by atoms with Crippen LogP contribution in [0.4, 0.5) is 23.3 Å². The second-order valence-corrected chi connectivity index (χ2v) is 4.93. The molecule has 10 nitrogen and oxygen atoms in total. The molecule has 2 heterocycles. The zero-order chi connectivity index (χ0) is 16.1. The van der Waals surface area contributed by atoms with Crippen molar-refractivity contribution >= 4 is 23.3 Å². The molecule has 10 heteroatoms. The van der Waals surface area contributed by atoms with Gasteiger partial charge in [-0.1, -0.05) is 6.92 Å². The number of nitrogen functional groups attached to an aromatic ring is 1. The van der Waals surface area contributed by atoms with Crippen LogP contribution in [0, 0.1) is 10.1 Å². The minimum absolute atomic E-state index is 0.0412. The largest absolute Gasteiger partial charge is 0.395 e. The van der Waals surface area contributed by atoms with Crippen LogP contribution in [0.3, 0.4) is 0 Å². The van der Waals surface area contributed by atoms with E-state index in [0.717, 1.165) is 32.7 Å². The maximum absolute atomic E-state index is 11.1. The van der Waals surface area contributed by atoms with Crippen molar-refractivity contribution in [2.45, 2.75) is 6.92 Å². The van der Waals surface area contributed by atoms with Gasteiger partial charge in [-0.25, -0.2) is 0 Å². The van der Waals surface area contributed by atoms with Crippen LogP contribution in [0.5, 0.6) is 0 Å². The highest BCUT2D eigenvalue weighted by molar-refractivity contribution is 5.70. The molecular formula is C12H21N7O3. The van der Waals surface area contributed by atoms with Crippen LogP contribution < -0.4 is 16.0 Å². The Morgan fingerprint density at radius 1 is 1.36 bits per heavy atom. The van der Waals surface area contributed by atoms with Crippen molar-refractivity contribution in [2.75, 3.05) is 61.8 Å². The Labute approximate surface area is 128 Å². The van der Waals surface area contributed by atoms with Gasteiger partial charge in [-0.15, -0.1) is 0 Å². The molecule has 0 amide bonds. The third-order valence-corrected chi connectivity index (χ3v) is 3.59. The number of nitrogens with zero attached hydrogens (tertiary/aromatic N) is 5. The number of anilines is 3. The van der Waals surface area contributed by atoms with Crippen molar-refractivity contribution in [1.82, 2.24) is 14.9 Å². The smallest absolute Gasteiger partial charge is 0.353 e. The quantitative estimate of drug-likeness (QED) is 0.470. The molecule has 1 aliphatic heterocycles. The van der Waals surface area contributed by atoms with Gasteiger partial charge in [0.25, 0.3) is 0 Å². The number of aromatic nitrogens is 2. The summed E-state index contributed by atoms with van der Waals surface area (Å²) >= 11 is 0. The van der Waals surface area contributed by atoms with Gasteiger partial charge in [-0.3, -0.25) is 10.1 Å². The summed E-state index contributed by atoms with van der Waals surface area (Å²) in [4.78, 5) is 23.0. The van der Waals surface area contributed by atoms with Gasteiger partial charge in [0.2, 0.25) is 17.6 Å². The second-order valence-electron chi connectivity index (χ2n) is 4.93. The summed E-state index contributed by atoms with van der Waals surface area (Å²) < 4.78 is 0. The average molecular weight is 311 g/mol. The third-order valence-electron chi connectivity index (χ3n) is 3.59. The van der Waals surface area contributed by atoms with E-state index in [-0.39, 0.29) is 30.5 Å². The van der Waals surface area contributed by atoms with Crippen LogP contribution in [-0.2, 0) is 0 Å². The van der Waals surface area contributed by atoms with Gasteiger partial charge < -0.3 is 26.0 Å². The van der Waals surface area contributed by atoms with E-state index in [0.29, 0.717) is 5.95 Å². The molecule has 0 unspecified atom stereocenters. The molecular weight excluding hydrogens is 290 g/mol. The predicted molar refractivity (Wildman–Crippen MR) is 83.0 cm³/mol. The number of rotatable bonds is 6. The fraction of sp³-hybridized carbons (Fsp3) is 0.667. The van der Waals surface area contributed by atoms with Crippen LogP contribution in [-0.4, -0.2) is 70.8 Å². The topological polar surface area (TPSA) is 134 Å². The molecule has 1 aliphatic rings. The lowest BCUT2D eigenvalue weighted by Gasteiger charge is -2.34. The Kier molecular flexibility index (Phi) is 5.28. The first-order valence-electron chi connectivity index (χ1n) is 7.20. The van der Waals surface area contributed by atoms with Crippen molar-refractivity contribution in [1.29, 1.82) is 0 Å². The Bertz CT molecular complexity index is 532. The van der Waals surface area contributed by atoms with Gasteiger partial charge in [0.15, 0.2) is 0 Å². The normalized spacial score (nSPS) is 15.8.